The maximum absolute atomic E-state index is 11.3. The normalized spacial score (nSPS) is 26.2. The minimum atomic E-state index is -0.00586. The van der Waals surface area contributed by atoms with Crippen LogP contribution in [0.2, 0.25) is 0 Å². The number of carbonyl (C=O) groups excluding carboxylic acids is 1. The number of likely N-dealkylation sites (tertiary alicyclic amines) is 1. The highest BCUT2D eigenvalue weighted by atomic mass is 16.5. The van der Waals surface area contributed by atoms with Gasteiger partial charge in [-0.3, -0.25) is 0 Å². The maximum Gasteiger partial charge on any atom is 0.127 e. The van der Waals surface area contributed by atoms with E-state index in [0.717, 1.165) is 45.0 Å². The standard InChI is InChI=1S/C14H25NO2/c1-17-10-13-4-8-15(9-5-13)11-14(12-16)6-2-3-7-14/h12-13H,2-11H2,1H3. The number of piperidine rings is 1. The van der Waals surface area contributed by atoms with Crippen molar-refractivity contribution in [3.05, 3.63) is 0 Å². The van der Waals surface area contributed by atoms with Crippen LogP contribution in [0, 0.1) is 11.3 Å². The third-order valence-corrected chi connectivity index (χ3v) is 4.50. The monoisotopic (exact) mass is 239 g/mol. The number of hydrogen-bond acceptors (Lipinski definition) is 3. The first-order valence-corrected chi connectivity index (χ1v) is 6.96. The summed E-state index contributed by atoms with van der Waals surface area (Å²) in [6.45, 7) is 4.18. The Balaban J connectivity index is 1.79. The molecular formula is C14H25NO2. The van der Waals surface area contributed by atoms with E-state index in [1.807, 2.05) is 0 Å². The van der Waals surface area contributed by atoms with Gasteiger partial charge in [0.05, 0.1) is 0 Å². The highest BCUT2D eigenvalue weighted by Gasteiger charge is 2.36. The van der Waals surface area contributed by atoms with Crippen LogP contribution < -0.4 is 0 Å². The van der Waals surface area contributed by atoms with Crippen molar-refractivity contribution < 1.29 is 9.53 Å². The average molecular weight is 239 g/mol. The highest BCUT2D eigenvalue weighted by molar-refractivity contribution is 5.60. The third-order valence-electron chi connectivity index (χ3n) is 4.50. The van der Waals surface area contributed by atoms with Crippen molar-refractivity contribution in [2.45, 2.75) is 38.5 Å². The summed E-state index contributed by atoms with van der Waals surface area (Å²) in [5, 5.41) is 0. The molecule has 1 saturated heterocycles. The lowest BCUT2D eigenvalue weighted by atomic mass is 9.86. The van der Waals surface area contributed by atoms with E-state index < -0.39 is 0 Å². The van der Waals surface area contributed by atoms with Crippen LogP contribution in [0.1, 0.15) is 38.5 Å². The number of carbonyl (C=O) groups is 1. The number of rotatable bonds is 5. The molecule has 0 unspecified atom stereocenters. The van der Waals surface area contributed by atoms with Crippen molar-refractivity contribution in [3.63, 3.8) is 0 Å². The molecule has 0 aromatic carbocycles. The van der Waals surface area contributed by atoms with Crippen molar-refractivity contribution in [2.75, 3.05) is 33.4 Å². The van der Waals surface area contributed by atoms with Crippen LogP contribution in [0.25, 0.3) is 0 Å². The number of ether oxygens (including phenoxy) is 1. The van der Waals surface area contributed by atoms with Gasteiger partial charge in [0.25, 0.3) is 0 Å². The van der Waals surface area contributed by atoms with Crippen molar-refractivity contribution in [1.82, 2.24) is 4.90 Å². The molecule has 0 bridgehead atoms. The summed E-state index contributed by atoms with van der Waals surface area (Å²) in [6, 6.07) is 0. The Morgan fingerprint density at radius 1 is 1.29 bits per heavy atom. The fourth-order valence-corrected chi connectivity index (χ4v) is 3.38. The summed E-state index contributed by atoms with van der Waals surface area (Å²) in [7, 11) is 1.78. The summed E-state index contributed by atoms with van der Waals surface area (Å²) in [5.74, 6) is 0.729. The van der Waals surface area contributed by atoms with Gasteiger partial charge in [0.2, 0.25) is 0 Å². The largest absolute Gasteiger partial charge is 0.384 e. The fourth-order valence-electron chi connectivity index (χ4n) is 3.38. The van der Waals surface area contributed by atoms with Gasteiger partial charge in [-0.25, -0.2) is 0 Å². The summed E-state index contributed by atoms with van der Waals surface area (Å²) in [5.41, 5.74) is -0.00586. The molecule has 1 aliphatic heterocycles. The zero-order valence-electron chi connectivity index (χ0n) is 11.0. The fraction of sp³-hybridized carbons (Fsp3) is 0.929. The first-order chi connectivity index (χ1) is 8.28. The van der Waals surface area contributed by atoms with Crippen LogP contribution in [-0.2, 0) is 9.53 Å². The molecule has 0 aromatic rings. The van der Waals surface area contributed by atoms with E-state index in [1.165, 1.54) is 32.0 Å². The Morgan fingerprint density at radius 3 is 2.47 bits per heavy atom. The Labute approximate surface area is 105 Å². The number of methoxy groups -OCH3 is 1. The summed E-state index contributed by atoms with van der Waals surface area (Å²) in [4.78, 5) is 13.8. The van der Waals surface area contributed by atoms with E-state index in [2.05, 4.69) is 4.90 Å². The van der Waals surface area contributed by atoms with Crippen molar-refractivity contribution in [2.24, 2.45) is 11.3 Å². The Kier molecular flexibility index (Phi) is 4.57. The molecule has 3 nitrogen and oxygen atoms in total. The minimum absolute atomic E-state index is 0.00586. The molecule has 0 amide bonds. The van der Waals surface area contributed by atoms with Crippen LogP contribution in [0.3, 0.4) is 0 Å². The molecule has 0 spiro atoms. The van der Waals surface area contributed by atoms with Gasteiger partial charge in [0.15, 0.2) is 0 Å². The summed E-state index contributed by atoms with van der Waals surface area (Å²) >= 11 is 0. The SMILES string of the molecule is COCC1CCN(CC2(C=O)CCCC2)CC1. The molecule has 0 atom stereocenters. The molecule has 1 heterocycles. The second-order valence-corrected chi connectivity index (χ2v) is 5.86. The van der Waals surface area contributed by atoms with E-state index >= 15 is 0 Å². The van der Waals surface area contributed by atoms with Gasteiger partial charge in [-0.2, -0.15) is 0 Å². The molecule has 17 heavy (non-hydrogen) atoms. The highest BCUT2D eigenvalue weighted by Crippen LogP contribution is 2.37. The zero-order chi connectivity index (χ0) is 12.1. The lowest BCUT2D eigenvalue weighted by Gasteiger charge is -2.36. The topological polar surface area (TPSA) is 29.5 Å². The van der Waals surface area contributed by atoms with E-state index in [1.54, 1.807) is 7.11 Å². The van der Waals surface area contributed by atoms with Crippen LogP contribution in [0.4, 0.5) is 0 Å². The van der Waals surface area contributed by atoms with E-state index in [0.29, 0.717) is 0 Å². The zero-order valence-corrected chi connectivity index (χ0v) is 11.0. The van der Waals surface area contributed by atoms with Gasteiger partial charge in [-0.15, -0.1) is 0 Å². The van der Waals surface area contributed by atoms with Crippen LogP contribution >= 0.6 is 0 Å². The molecule has 0 radical (unpaired) electrons. The first kappa shape index (κ1) is 13.0. The van der Waals surface area contributed by atoms with Crippen molar-refractivity contribution >= 4 is 6.29 Å². The van der Waals surface area contributed by atoms with E-state index in [-0.39, 0.29) is 5.41 Å². The molecule has 0 N–H and O–H groups in total. The molecule has 1 saturated carbocycles. The molecule has 2 fully saturated rings. The third kappa shape index (κ3) is 3.29. The molecule has 98 valence electrons. The van der Waals surface area contributed by atoms with Crippen LogP contribution in [0.5, 0.6) is 0 Å². The molecule has 3 heteroatoms. The van der Waals surface area contributed by atoms with Crippen LogP contribution in [-0.4, -0.2) is 44.5 Å². The Bertz CT molecular complexity index is 241. The van der Waals surface area contributed by atoms with Gasteiger partial charge in [0, 0.05) is 25.7 Å². The molecule has 0 aromatic heterocycles. The predicted molar refractivity (Wildman–Crippen MR) is 68.0 cm³/mol. The second kappa shape index (κ2) is 5.96. The van der Waals surface area contributed by atoms with Crippen LogP contribution in [0.15, 0.2) is 0 Å². The second-order valence-electron chi connectivity index (χ2n) is 5.86. The van der Waals surface area contributed by atoms with E-state index in [9.17, 15) is 4.79 Å². The first-order valence-electron chi connectivity index (χ1n) is 6.96. The smallest absolute Gasteiger partial charge is 0.127 e. The lowest BCUT2D eigenvalue weighted by molar-refractivity contribution is -0.117. The number of nitrogens with zero attached hydrogens (tertiary/aromatic N) is 1. The molecule has 2 aliphatic rings. The molecule has 1 aliphatic carbocycles. The van der Waals surface area contributed by atoms with Gasteiger partial charge in [0.1, 0.15) is 6.29 Å². The Hall–Kier alpha value is -0.410. The van der Waals surface area contributed by atoms with Gasteiger partial charge >= 0.3 is 0 Å². The quantitative estimate of drug-likeness (QED) is 0.688. The van der Waals surface area contributed by atoms with Gasteiger partial charge < -0.3 is 14.4 Å². The van der Waals surface area contributed by atoms with Gasteiger partial charge in [-0.1, -0.05) is 12.8 Å². The van der Waals surface area contributed by atoms with E-state index in [4.69, 9.17) is 4.74 Å². The lowest BCUT2D eigenvalue weighted by Crippen LogP contribution is -2.42. The average Bonchev–Trinajstić information content (AvgIpc) is 2.81. The predicted octanol–water partition coefficient (Wildman–Crippen LogP) is 2.10. The number of hydrogen-bond donors (Lipinski definition) is 0. The van der Waals surface area contributed by atoms with Crippen molar-refractivity contribution in [1.29, 1.82) is 0 Å². The summed E-state index contributed by atoms with van der Waals surface area (Å²) in [6.07, 6.45) is 8.37. The summed E-state index contributed by atoms with van der Waals surface area (Å²) < 4.78 is 5.22. The minimum Gasteiger partial charge on any atom is -0.384 e. The molecular weight excluding hydrogens is 214 g/mol. The number of aldehydes is 1. The van der Waals surface area contributed by atoms with Gasteiger partial charge in [-0.05, 0) is 44.7 Å². The molecule has 2 rings (SSSR count). The maximum atomic E-state index is 11.3. The Morgan fingerprint density at radius 2 is 1.94 bits per heavy atom. The van der Waals surface area contributed by atoms with Crippen molar-refractivity contribution in [3.8, 4) is 0 Å².